The van der Waals surface area contributed by atoms with Crippen LogP contribution in [-0.2, 0) is 6.54 Å². The van der Waals surface area contributed by atoms with E-state index in [-0.39, 0.29) is 24.0 Å². The SMILES string of the molecule is CN=C(NCc1nc(-c2ccco2)n[nH]1)N1CCC(CSc2ccccc2)C1.I. The molecule has 0 bridgehead atoms. The zero-order valence-corrected chi connectivity index (χ0v) is 19.4. The summed E-state index contributed by atoms with van der Waals surface area (Å²) in [7, 11) is 1.82. The van der Waals surface area contributed by atoms with Crippen LogP contribution in [0.5, 0.6) is 0 Å². The quantitative estimate of drug-likeness (QED) is 0.221. The lowest BCUT2D eigenvalue weighted by Crippen LogP contribution is -2.40. The van der Waals surface area contributed by atoms with Gasteiger partial charge in [-0.3, -0.25) is 10.1 Å². The van der Waals surface area contributed by atoms with E-state index in [2.05, 4.69) is 60.7 Å². The Morgan fingerprint density at radius 3 is 2.93 bits per heavy atom. The molecule has 3 aromatic rings. The minimum Gasteiger partial charge on any atom is -0.461 e. The van der Waals surface area contributed by atoms with Crippen molar-refractivity contribution in [2.75, 3.05) is 25.9 Å². The third kappa shape index (κ3) is 5.75. The van der Waals surface area contributed by atoms with Gasteiger partial charge < -0.3 is 14.6 Å². The molecule has 4 rings (SSSR count). The highest BCUT2D eigenvalue weighted by atomic mass is 127. The van der Waals surface area contributed by atoms with E-state index in [0.717, 1.165) is 30.6 Å². The Labute approximate surface area is 191 Å². The van der Waals surface area contributed by atoms with Gasteiger partial charge in [-0.15, -0.1) is 40.8 Å². The van der Waals surface area contributed by atoms with Crippen LogP contribution < -0.4 is 5.32 Å². The highest BCUT2D eigenvalue weighted by Crippen LogP contribution is 2.25. The smallest absolute Gasteiger partial charge is 0.216 e. The van der Waals surface area contributed by atoms with Crippen LogP contribution >= 0.6 is 35.7 Å². The first-order valence-corrected chi connectivity index (χ1v) is 10.4. The Morgan fingerprint density at radius 1 is 1.31 bits per heavy atom. The van der Waals surface area contributed by atoms with Crippen molar-refractivity contribution in [1.29, 1.82) is 0 Å². The first-order valence-electron chi connectivity index (χ1n) is 9.40. The van der Waals surface area contributed by atoms with Crippen molar-refractivity contribution >= 4 is 41.7 Å². The Hall–Kier alpha value is -2.01. The van der Waals surface area contributed by atoms with Gasteiger partial charge in [-0.05, 0) is 36.6 Å². The lowest BCUT2D eigenvalue weighted by Gasteiger charge is -2.21. The molecule has 2 N–H and O–H groups in total. The highest BCUT2D eigenvalue weighted by Gasteiger charge is 2.25. The van der Waals surface area contributed by atoms with E-state index in [0.29, 0.717) is 24.0 Å². The number of likely N-dealkylation sites (tertiary alicyclic amines) is 1. The molecule has 7 nitrogen and oxygen atoms in total. The number of thioether (sulfide) groups is 1. The maximum atomic E-state index is 5.33. The molecule has 29 heavy (non-hydrogen) atoms. The van der Waals surface area contributed by atoms with Crippen molar-refractivity contribution in [3.05, 3.63) is 54.6 Å². The van der Waals surface area contributed by atoms with Crippen LogP contribution in [-0.4, -0.2) is 51.9 Å². The first kappa shape index (κ1) is 21.7. The number of aromatic nitrogens is 3. The van der Waals surface area contributed by atoms with Gasteiger partial charge in [-0.2, -0.15) is 0 Å². The monoisotopic (exact) mass is 524 g/mol. The Kier molecular flexibility index (Phi) is 7.99. The number of aromatic amines is 1. The topological polar surface area (TPSA) is 82.3 Å². The number of halogens is 1. The van der Waals surface area contributed by atoms with Gasteiger partial charge in [0.2, 0.25) is 5.82 Å². The predicted molar refractivity (Wildman–Crippen MR) is 127 cm³/mol. The summed E-state index contributed by atoms with van der Waals surface area (Å²) in [5.41, 5.74) is 0. The molecule has 3 heterocycles. The second-order valence-corrected chi connectivity index (χ2v) is 7.80. The summed E-state index contributed by atoms with van der Waals surface area (Å²) in [5.74, 6) is 4.68. The van der Waals surface area contributed by atoms with E-state index in [4.69, 9.17) is 4.42 Å². The van der Waals surface area contributed by atoms with E-state index in [1.165, 1.54) is 11.3 Å². The normalized spacial score (nSPS) is 16.7. The molecule has 0 spiro atoms. The lowest BCUT2D eigenvalue weighted by atomic mass is 10.2. The zero-order chi connectivity index (χ0) is 19.2. The molecule has 0 radical (unpaired) electrons. The molecule has 0 aliphatic carbocycles. The number of nitrogens with one attached hydrogen (secondary N) is 2. The summed E-state index contributed by atoms with van der Waals surface area (Å²) in [5, 5.41) is 10.5. The molecule has 2 aromatic heterocycles. The van der Waals surface area contributed by atoms with Crippen LogP contribution in [0.25, 0.3) is 11.6 Å². The van der Waals surface area contributed by atoms with E-state index in [1.807, 2.05) is 30.9 Å². The minimum atomic E-state index is 0. The second-order valence-electron chi connectivity index (χ2n) is 6.71. The van der Waals surface area contributed by atoms with Crippen molar-refractivity contribution in [2.24, 2.45) is 10.9 Å². The number of hydrogen-bond acceptors (Lipinski definition) is 5. The number of nitrogens with zero attached hydrogens (tertiary/aromatic N) is 4. The van der Waals surface area contributed by atoms with Crippen LogP contribution in [0.2, 0.25) is 0 Å². The van der Waals surface area contributed by atoms with Crippen LogP contribution in [0, 0.1) is 5.92 Å². The van der Waals surface area contributed by atoms with Gasteiger partial charge in [0.1, 0.15) is 5.82 Å². The third-order valence-electron chi connectivity index (χ3n) is 4.71. The van der Waals surface area contributed by atoms with Gasteiger partial charge in [0.15, 0.2) is 11.7 Å². The fraction of sp³-hybridized carbons (Fsp3) is 0.350. The molecule has 1 unspecified atom stereocenters. The summed E-state index contributed by atoms with van der Waals surface area (Å²) < 4.78 is 5.33. The molecule has 9 heteroatoms. The van der Waals surface area contributed by atoms with E-state index in [9.17, 15) is 0 Å². The fourth-order valence-electron chi connectivity index (χ4n) is 3.28. The van der Waals surface area contributed by atoms with E-state index in [1.54, 1.807) is 6.26 Å². The minimum absolute atomic E-state index is 0. The number of furan rings is 1. The van der Waals surface area contributed by atoms with Crippen molar-refractivity contribution in [3.63, 3.8) is 0 Å². The van der Waals surface area contributed by atoms with Crippen LogP contribution in [0.15, 0.2) is 63.0 Å². The van der Waals surface area contributed by atoms with Gasteiger partial charge >= 0.3 is 0 Å². The van der Waals surface area contributed by atoms with Gasteiger partial charge in [0.05, 0.1) is 12.8 Å². The van der Waals surface area contributed by atoms with E-state index >= 15 is 0 Å². The number of aliphatic imine (C=N–C) groups is 1. The molecule has 1 atom stereocenters. The molecule has 0 saturated carbocycles. The van der Waals surface area contributed by atoms with Crippen LogP contribution in [0.4, 0.5) is 0 Å². The van der Waals surface area contributed by atoms with Gasteiger partial charge in [-0.1, -0.05) is 18.2 Å². The lowest BCUT2D eigenvalue weighted by molar-refractivity contribution is 0.473. The molecule has 154 valence electrons. The summed E-state index contributed by atoms with van der Waals surface area (Å²) in [6, 6.07) is 14.3. The Morgan fingerprint density at radius 2 is 2.17 bits per heavy atom. The van der Waals surface area contributed by atoms with Gasteiger partial charge in [-0.25, -0.2) is 4.98 Å². The molecular formula is C20H25IN6OS. The molecule has 1 aromatic carbocycles. The summed E-state index contributed by atoms with van der Waals surface area (Å²) in [6.45, 7) is 2.58. The molecule has 1 saturated heterocycles. The average molecular weight is 524 g/mol. The number of benzene rings is 1. The highest BCUT2D eigenvalue weighted by molar-refractivity contribution is 14.0. The maximum absolute atomic E-state index is 5.33. The van der Waals surface area contributed by atoms with E-state index < -0.39 is 0 Å². The Balaban J connectivity index is 0.00000240. The largest absolute Gasteiger partial charge is 0.461 e. The zero-order valence-electron chi connectivity index (χ0n) is 16.2. The number of H-pyrrole nitrogens is 1. The summed E-state index contributed by atoms with van der Waals surface area (Å²) in [6.07, 6.45) is 2.80. The molecule has 1 aliphatic rings. The molecular weight excluding hydrogens is 499 g/mol. The molecule has 0 amide bonds. The molecule has 1 fully saturated rings. The fourth-order valence-corrected chi connectivity index (χ4v) is 4.33. The van der Waals surface area contributed by atoms with Crippen molar-refractivity contribution in [2.45, 2.75) is 17.9 Å². The van der Waals surface area contributed by atoms with Crippen LogP contribution in [0.1, 0.15) is 12.2 Å². The number of guanidine groups is 1. The average Bonchev–Trinajstić information content (AvgIpc) is 3.49. The molecule has 1 aliphatic heterocycles. The standard InChI is InChI=1S/C20H24N6OS.HI/c1-21-20(22-12-18-23-19(25-24-18)17-8-5-11-27-17)26-10-9-15(13-26)14-28-16-6-3-2-4-7-16;/h2-8,11,15H,9-10,12-14H2,1H3,(H,21,22)(H,23,24,25);1H. The maximum Gasteiger partial charge on any atom is 0.216 e. The summed E-state index contributed by atoms with van der Waals surface area (Å²) >= 11 is 1.93. The second kappa shape index (κ2) is 10.7. The summed E-state index contributed by atoms with van der Waals surface area (Å²) in [4.78, 5) is 12.6. The van der Waals surface area contributed by atoms with Gasteiger partial charge in [0, 0.05) is 30.8 Å². The number of hydrogen-bond donors (Lipinski definition) is 2. The Bertz CT molecular complexity index is 899. The van der Waals surface area contributed by atoms with Crippen molar-refractivity contribution < 1.29 is 4.42 Å². The van der Waals surface area contributed by atoms with Crippen molar-refractivity contribution in [1.82, 2.24) is 25.4 Å². The van der Waals surface area contributed by atoms with Crippen LogP contribution in [0.3, 0.4) is 0 Å². The van der Waals surface area contributed by atoms with Crippen molar-refractivity contribution in [3.8, 4) is 11.6 Å². The number of rotatable bonds is 6. The van der Waals surface area contributed by atoms with Gasteiger partial charge in [0.25, 0.3) is 0 Å². The first-order chi connectivity index (χ1) is 13.8. The third-order valence-corrected chi connectivity index (χ3v) is 5.96. The predicted octanol–water partition coefficient (Wildman–Crippen LogP) is 3.87.